The Balaban J connectivity index is 1.36. The Kier molecular flexibility index (Phi) is 4.19. The summed E-state index contributed by atoms with van der Waals surface area (Å²) in [7, 11) is 0. The van der Waals surface area contributed by atoms with Crippen molar-refractivity contribution in [2.45, 2.75) is 32.1 Å². The number of nitrogens with zero attached hydrogens (tertiary/aromatic N) is 4. The lowest BCUT2D eigenvalue weighted by molar-refractivity contribution is -0.137. The second-order valence-electron chi connectivity index (χ2n) is 7.62. The molecule has 140 valence electrons. The van der Waals surface area contributed by atoms with Crippen molar-refractivity contribution in [2.24, 2.45) is 5.92 Å². The predicted octanol–water partition coefficient (Wildman–Crippen LogP) is 3.60. The van der Waals surface area contributed by atoms with Crippen molar-refractivity contribution >= 4 is 33.8 Å². The molecule has 2 aliphatic heterocycles. The third-order valence-electron chi connectivity index (χ3n) is 5.95. The van der Waals surface area contributed by atoms with Gasteiger partial charge in [-0.15, -0.1) is 0 Å². The first kappa shape index (κ1) is 16.5. The van der Waals surface area contributed by atoms with E-state index < -0.39 is 0 Å². The molecule has 4 heterocycles. The Morgan fingerprint density at radius 3 is 2.59 bits per heavy atom. The fraction of sp³-hybridized carbons (Fsp3) is 0.476. The van der Waals surface area contributed by atoms with Gasteiger partial charge < -0.3 is 14.2 Å². The number of piperidine rings is 2. The Labute approximate surface area is 158 Å². The number of carbonyl (C=O) groups excluding carboxylic acids is 1. The quantitative estimate of drug-likeness (QED) is 0.695. The summed E-state index contributed by atoms with van der Waals surface area (Å²) in [6.45, 7) is 3.52. The van der Waals surface area contributed by atoms with Gasteiger partial charge in [0.25, 0.3) is 0 Å². The molecule has 6 heteroatoms. The molecule has 0 bridgehead atoms. The number of anilines is 1. The molecule has 3 aromatic rings. The average molecular weight is 364 g/mol. The number of fused-ring (bicyclic) bond motifs is 3. The fourth-order valence-electron chi connectivity index (χ4n) is 4.45. The van der Waals surface area contributed by atoms with Crippen LogP contribution in [-0.4, -0.2) is 47.0 Å². The molecule has 2 saturated heterocycles. The maximum absolute atomic E-state index is 12.8. The standard InChI is InChI=1S/C21H24N4O2/c26-21(25-10-4-1-5-11-25)15-8-12-24(13-9-15)20-19-18(22-14-23-20)16-6-2-3-7-17(16)27-19/h2-3,6-7,14-15H,1,4-5,8-13H2. The van der Waals surface area contributed by atoms with E-state index in [1.807, 2.05) is 24.3 Å². The molecule has 1 aromatic carbocycles. The van der Waals surface area contributed by atoms with E-state index in [9.17, 15) is 4.79 Å². The number of hydrogen-bond acceptors (Lipinski definition) is 5. The molecule has 6 nitrogen and oxygen atoms in total. The maximum Gasteiger partial charge on any atom is 0.225 e. The van der Waals surface area contributed by atoms with E-state index in [0.717, 1.165) is 79.7 Å². The molecule has 0 unspecified atom stereocenters. The van der Waals surface area contributed by atoms with Gasteiger partial charge in [-0.1, -0.05) is 12.1 Å². The van der Waals surface area contributed by atoms with E-state index in [1.165, 1.54) is 6.42 Å². The van der Waals surface area contributed by atoms with E-state index in [4.69, 9.17) is 4.42 Å². The van der Waals surface area contributed by atoms with Gasteiger partial charge in [-0.05, 0) is 44.2 Å². The van der Waals surface area contributed by atoms with Crippen LogP contribution in [0.5, 0.6) is 0 Å². The lowest BCUT2D eigenvalue weighted by atomic mass is 9.94. The van der Waals surface area contributed by atoms with Crippen LogP contribution in [-0.2, 0) is 4.79 Å². The monoisotopic (exact) mass is 364 g/mol. The number of furan rings is 1. The van der Waals surface area contributed by atoms with E-state index in [0.29, 0.717) is 5.91 Å². The zero-order chi connectivity index (χ0) is 18.2. The largest absolute Gasteiger partial charge is 0.450 e. The normalized spacial score (nSPS) is 19.1. The van der Waals surface area contributed by atoms with Gasteiger partial charge >= 0.3 is 0 Å². The van der Waals surface area contributed by atoms with E-state index in [1.54, 1.807) is 6.33 Å². The summed E-state index contributed by atoms with van der Waals surface area (Å²) < 4.78 is 6.06. The molecule has 0 radical (unpaired) electrons. The van der Waals surface area contributed by atoms with Crippen molar-refractivity contribution in [1.29, 1.82) is 0 Å². The molecule has 5 rings (SSSR count). The molecule has 2 fully saturated rings. The summed E-state index contributed by atoms with van der Waals surface area (Å²) in [5.41, 5.74) is 2.45. The molecular weight excluding hydrogens is 340 g/mol. The molecule has 0 spiro atoms. The van der Waals surface area contributed by atoms with Gasteiger partial charge in [0.1, 0.15) is 17.4 Å². The third-order valence-corrected chi connectivity index (χ3v) is 5.95. The van der Waals surface area contributed by atoms with Crippen molar-refractivity contribution in [3.05, 3.63) is 30.6 Å². The van der Waals surface area contributed by atoms with E-state index in [-0.39, 0.29) is 5.92 Å². The highest BCUT2D eigenvalue weighted by Crippen LogP contribution is 2.34. The summed E-state index contributed by atoms with van der Waals surface area (Å²) in [4.78, 5) is 26.1. The number of carbonyl (C=O) groups is 1. The van der Waals surface area contributed by atoms with Crippen LogP contribution in [0.4, 0.5) is 5.82 Å². The van der Waals surface area contributed by atoms with Crippen molar-refractivity contribution in [3.8, 4) is 0 Å². The maximum atomic E-state index is 12.8. The highest BCUT2D eigenvalue weighted by molar-refractivity contribution is 6.05. The molecule has 0 saturated carbocycles. The van der Waals surface area contributed by atoms with Crippen LogP contribution < -0.4 is 4.90 Å². The van der Waals surface area contributed by atoms with E-state index in [2.05, 4.69) is 19.8 Å². The lowest BCUT2D eigenvalue weighted by Gasteiger charge is -2.35. The highest BCUT2D eigenvalue weighted by Gasteiger charge is 2.30. The number of likely N-dealkylation sites (tertiary alicyclic amines) is 1. The van der Waals surface area contributed by atoms with Crippen LogP contribution in [0.2, 0.25) is 0 Å². The van der Waals surface area contributed by atoms with Gasteiger partial charge in [0.15, 0.2) is 11.4 Å². The molecule has 2 aromatic heterocycles. The van der Waals surface area contributed by atoms with Crippen molar-refractivity contribution < 1.29 is 9.21 Å². The Hall–Kier alpha value is -2.63. The first-order valence-electron chi connectivity index (χ1n) is 9.97. The number of rotatable bonds is 2. The Bertz CT molecular complexity index is 969. The highest BCUT2D eigenvalue weighted by atomic mass is 16.3. The van der Waals surface area contributed by atoms with Crippen LogP contribution in [0.3, 0.4) is 0 Å². The molecule has 2 aliphatic rings. The number of hydrogen-bond donors (Lipinski definition) is 0. The average Bonchev–Trinajstić information content (AvgIpc) is 3.13. The number of amides is 1. The fourth-order valence-corrected chi connectivity index (χ4v) is 4.45. The minimum Gasteiger partial charge on any atom is -0.450 e. The van der Waals surface area contributed by atoms with Crippen LogP contribution >= 0.6 is 0 Å². The van der Waals surface area contributed by atoms with Crippen molar-refractivity contribution in [2.75, 3.05) is 31.1 Å². The second kappa shape index (κ2) is 6.83. The molecule has 0 atom stereocenters. The van der Waals surface area contributed by atoms with Gasteiger partial charge in [-0.25, -0.2) is 9.97 Å². The Morgan fingerprint density at radius 1 is 1.00 bits per heavy atom. The summed E-state index contributed by atoms with van der Waals surface area (Å²) in [5.74, 6) is 1.35. The molecule has 1 amide bonds. The first-order valence-corrected chi connectivity index (χ1v) is 9.97. The topological polar surface area (TPSA) is 62.5 Å². The van der Waals surface area contributed by atoms with Crippen LogP contribution in [0.1, 0.15) is 32.1 Å². The minimum absolute atomic E-state index is 0.146. The predicted molar refractivity (Wildman–Crippen MR) is 105 cm³/mol. The molecule has 27 heavy (non-hydrogen) atoms. The van der Waals surface area contributed by atoms with Crippen LogP contribution in [0.25, 0.3) is 22.1 Å². The lowest BCUT2D eigenvalue weighted by Crippen LogP contribution is -2.44. The summed E-state index contributed by atoms with van der Waals surface area (Å²) in [6.07, 6.45) is 6.92. The molecule has 0 N–H and O–H groups in total. The van der Waals surface area contributed by atoms with Gasteiger partial charge in [-0.2, -0.15) is 0 Å². The van der Waals surface area contributed by atoms with Gasteiger partial charge in [0, 0.05) is 37.5 Å². The zero-order valence-corrected chi connectivity index (χ0v) is 15.4. The number of aromatic nitrogens is 2. The smallest absolute Gasteiger partial charge is 0.225 e. The summed E-state index contributed by atoms with van der Waals surface area (Å²) in [5, 5.41) is 1.02. The SMILES string of the molecule is O=C(C1CCN(c2ncnc3c2oc2ccccc23)CC1)N1CCCCC1. The number of para-hydroxylation sites is 1. The zero-order valence-electron chi connectivity index (χ0n) is 15.4. The number of benzene rings is 1. The summed E-state index contributed by atoms with van der Waals surface area (Å²) >= 11 is 0. The Morgan fingerprint density at radius 2 is 1.78 bits per heavy atom. The summed E-state index contributed by atoms with van der Waals surface area (Å²) in [6, 6.07) is 7.96. The molecule has 0 aliphatic carbocycles. The van der Waals surface area contributed by atoms with Gasteiger partial charge in [0.05, 0.1) is 0 Å². The van der Waals surface area contributed by atoms with Crippen LogP contribution in [0.15, 0.2) is 35.0 Å². The molecular formula is C21H24N4O2. The first-order chi connectivity index (χ1) is 13.3. The van der Waals surface area contributed by atoms with Crippen molar-refractivity contribution in [3.63, 3.8) is 0 Å². The van der Waals surface area contributed by atoms with Crippen LogP contribution in [0, 0.1) is 5.92 Å². The second-order valence-corrected chi connectivity index (χ2v) is 7.62. The van der Waals surface area contributed by atoms with Gasteiger partial charge in [-0.3, -0.25) is 4.79 Å². The minimum atomic E-state index is 0.146. The van der Waals surface area contributed by atoms with E-state index >= 15 is 0 Å². The third kappa shape index (κ3) is 2.93. The van der Waals surface area contributed by atoms with Crippen molar-refractivity contribution in [1.82, 2.24) is 14.9 Å². The van der Waals surface area contributed by atoms with Gasteiger partial charge in [0.2, 0.25) is 5.91 Å².